The lowest BCUT2D eigenvalue weighted by atomic mass is 9.97. The van der Waals surface area contributed by atoms with E-state index in [4.69, 9.17) is 4.98 Å². The van der Waals surface area contributed by atoms with E-state index in [9.17, 15) is 9.59 Å². The van der Waals surface area contributed by atoms with Gasteiger partial charge in [-0.3, -0.25) is 14.2 Å². The van der Waals surface area contributed by atoms with E-state index in [1.807, 2.05) is 32.0 Å². The van der Waals surface area contributed by atoms with Gasteiger partial charge in [-0.25, -0.2) is 4.98 Å². The molecule has 0 radical (unpaired) electrons. The minimum Gasteiger partial charge on any atom is -0.353 e. The quantitative estimate of drug-likeness (QED) is 0.422. The van der Waals surface area contributed by atoms with E-state index in [0.717, 1.165) is 47.2 Å². The van der Waals surface area contributed by atoms with E-state index in [2.05, 4.69) is 19.2 Å². The van der Waals surface area contributed by atoms with Crippen LogP contribution in [0.15, 0.2) is 28.2 Å². The zero-order valence-corrected chi connectivity index (χ0v) is 20.2. The lowest BCUT2D eigenvalue weighted by molar-refractivity contribution is -0.119. The summed E-state index contributed by atoms with van der Waals surface area (Å²) < 4.78 is 1.71. The van der Waals surface area contributed by atoms with E-state index in [1.165, 1.54) is 34.2 Å². The molecule has 0 fully saturated rings. The summed E-state index contributed by atoms with van der Waals surface area (Å²) in [7, 11) is 0. The minimum atomic E-state index is -0.0363. The first kappa shape index (κ1) is 22.1. The van der Waals surface area contributed by atoms with Crippen molar-refractivity contribution in [2.45, 2.75) is 71.0 Å². The van der Waals surface area contributed by atoms with Gasteiger partial charge in [0.15, 0.2) is 5.16 Å². The SMILES string of the molecule is CCC(C)NC(=O)CSc1nc2sc3c(c2c(=O)n1-c1ccc(C)c(C)c1)CCCC3. The molecule has 164 valence electrons. The van der Waals surface area contributed by atoms with Gasteiger partial charge in [0.1, 0.15) is 4.83 Å². The predicted molar refractivity (Wildman–Crippen MR) is 130 cm³/mol. The fourth-order valence-corrected chi connectivity index (χ4v) is 6.05. The van der Waals surface area contributed by atoms with Gasteiger partial charge in [-0.05, 0) is 81.7 Å². The molecule has 1 aliphatic rings. The average molecular weight is 456 g/mol. The molecule has 7 heteroatoms. The third-order valence-corrected chi connectivity index (χ3v) is 8.18. The molecule has 0 bridgehead atoms. The molecule has 0 aliphatic heterocycles. The Balaban J connectivity index is 1.82. The van der Waals surface area contributed by atoms with Crippen LogP contribution < -0.4 is 10.9 Å². The molecular weight excluding hydrogens is 426 g/mol. The van der Waals surface area contributed by atoms with Crippen molar-refractivity contribution in [2.24, 2.45) is 0 Å². The number of nitrogens with zero attached hydrogens (tertiary/aromatic N) is 2. The fraction of sp³-hybridized carbons (Fsp3) is 0.458. The number of fused-ring (bicyclic) bond motifs is 3. The number of thioether (sulfide) groups is 1. The highest BCUT2D eigenvalue weighted by Crippen LogP contribution is 2.35. The van der Waals surface area contributed by atoms with Gasteiger partial charge in [-0.1, -0.05) is 24.8 Å². The fourth-order valence-electron chi connectivity index (χ4n) is 3.92. The second-order valence-electron chi connectivity index (χ2n) is 8.36. The van der Waals surface area contributed by atoms with Crippen LogP contribution in [0.3, 0.4) is 0 Å². The highest BCUT2D eigenvalue weighted by Gasteiger charge is 2.23. The van der Waals surface area contributed by atoms with Crippen LogP contribution in [-0.4, -0.2) is 27.3 Å². The van der Waals surface area contributed by atoms with Crippen LogP contribution in [0.4, 0.5) is 0 Å². The molecule has 31 heavy (non-hydrogen) atoms. The van der Waals surface area contributed by atoms with Crippen molar-refractivity contribution >= 4 is 39.2 Å². The third-order valence-electron chi connectivity index (χ3n) is 6.06. The molecule has 3 aromatic rings. The highest BCUT2D eigenvalue weighted by atomic mass is 32.2. The second kappa shape index (κ2) is 9.17. The molecule has 4 rings (SSSR count). The number of nitrogens with one attached hydrogen (secondary N) is 1. The number of benzene rings is 1. The number of hydrogen-bond donors (Lipinski definition) is 1. The molecule has 1 aliphatic carbocycles. The first-order valence-electron chi connectivity index (χ1n) is 11.0. The predicted octanol–water partition coefficient (Wildman–Crippen LogP) is 4.95. The van der Waals surface area contributed by atoms with E-state index in [-0.39, 0.29) is 23.3 Å². The van der Waals surface area contributed by atoms with Crippen LogP contribution in [0.2, 0.25) is 0 Å². The van der Waals surface area contributed by atoms with Crippen molar-refractivity contribution in [1.82, 2.24) is 14.9 Å². The van der Waals surface area contributed by atoms with Crippen molar-refractivity contribution in [3.05, 3.63) is 50.1 Å². The van der Waals surface area contributed by atoms with Crippen LogP contribution >= 0.6 is 23.1 Å². The largest absolute Gasteiger partial charge is 0.353 e. The van der Waals surface area contributed by atoms with Crippen LogP contribution in [0.1, 0.15) is 54.7 Å². The smallest absolute Gasteiger partial charge is 0.267 e. The van der Waals surface area contributed by atoms with Gasteiger partial charge in [0.2, 0.25) is 5.91 Å². The summed E-state index contributed by atoms with van der Waals surface area (Å²) in [5.74, 6) is 0.198. The number of thiophene rings is 1. The standard InChI is InChI=1S/C24H29N3O2S2/c1-5-16(4)25-20(28)13-30-24-26-22-21(18-8-6-7-9-19(18)31-22)23(29)27(24)17-11-10-14(2)15(3)12-17/h10-12,16H,5-9,13H2,1-4H3,(H,25,28). The summed E-state index contributed by atoms with van der Waals surface area (Å²) >= 11 is 2.98. The van der Waals surface area contributed by atoms with Crippen molar-refractivity contribution < 1.29 is 4.79 Å². The molecule has 0 spiro atoms. The number of aromatic nitrogens is 2. The Morgan fingerprint density at radius 1 is 1.26 bits per heavy atom. The topological polar surface area (TPSA) is 64.0 Å². The Kier molecular flexibility index (Phi) is 6.53. The summed E-state index contributed by atoms with van der Waals surface area (Å²) in [6.07, 6.45) is 5.15. The highest BCUT2D eigenvalue weighted by molar-refractivity contribution is 7.99. The molecule has 0 saturated heterocycles. The van der Waals surface area contributed by atoms with Crippen LogP contribution in [-0.2, 0) is 17.6 Å². The number of carbonyl (C=O) groups excluding carboxylic acids is 1. The van der Waals surface area contributed by atoms with Crippen molar-refractivity contribution in [3.63, 3.8) is 0 Å². The summed E-state index contributed by atoms with van der Waals surface area (Å²) in [5.41, 5.74) is 4.29. The Labute approximate surface area is 191 Å². The molecule has 5 nitrogen and oxygen atoms in total. The van der Waals surface area contributed by atoms with Crippen molar-refractivity contribution in [3.8, 4) is 5.69 Å². The summed E-state index contributed by atoms with van der Waals surface area (Å²) in [4.78, 5) is 33.2. The lowest BCUT2D eigenvalue weighted by Gasteiger charge is -2.15. The van der Waals surface area contributed by atoms with Gasteiger partial charge in [0, 0.05) is 10.9 Å². The minimum absolute atomic E-state index is 0.0162. The number of aryl methyl sites for hydroxylation is 4. The van der Waals surface area contributed by atoms with Crippen molar-refractivity contribution in [2.75, 3.05) is 5.75 Å². The normalized spacial score (nSPS) is 14.5. The molecule has 1 aromatic carbocycles. The third kappa shape index (κ3) is 4.44. The lowest BCUT2D eigenvalue weighted by Crippen LogP contribution is -2.33. The second-order valence-corrected chi connectivity index (χ2v) is 10.4. The molecule has 1 unspecified atom stereocenters. The van der Waals surface area contributed by atoms with Crippen LogP contribution in [0, 0.1) is 13.8 Å². The van der Waals surface area contributed by atoms with Gasteiger partial charge in [-0.15, -0.1) is 11.3 Å². The molecule has 2 aromatic heterocycles. The van der Waals surface area contributed by atoms with E-state index in [0.29, 0.717) is 5.16 Å². The van der Waals surface area contributed by atoms with E-state index >= 15 is 0 Å². The molecular formula is C24H29N3O2S2. The maximum atomic E-state index is 13.8. The summed E-state index contributed by atoms with van der Waals surface area (Å²) in [5, 5.41) is 4.35. The van der Waals surface area contributed by atoms with Crippen molar-refractivity contribution in [1.29, 1.82) is 0 Å². The summed E-state index contributed by atoms with van der Waals surface area (Å²) in [6.45, 7) is 8.15. The van der Waals surface area contributed by atoms with Gasteiger partial charge >= 0.3 is 0 Å². The van der Waals surface area contributed by atoms with E-state index < -0.39 is 0 Å². The average Bonchev–Trinajstić information content (AvgIpc) is 3.13. The number of amides is 1. The number of hydrogen-bond acceptors (Lipinski definition) is 5. The molecule has 1 N–H and O–H groups in total. The van der Waals surface area contributed by atoms with Gasteiger partial charge in [-0.2, -0.15) is 0 Å². The Morgan fingerprint density at radius 3 is 2.77 bits per heavy atom. The number of carbonyl (C=O) groups is 1. The van der Waals surface area contributed by atoms with E-state index in [1.54, 1.807) is 15.9 Å². The molecule has 2 heterocycles. The first-order chi connectivity index (χ1) is 14.9. The maximum absolute atomic E-state index is 13.8. The number of rotatable bonds is 6. The maximum Gasteiger partial charge on any atom is 0.267 e. The van der Waals surface area contributed by atoms with Gasteiger partial charge in [0.25, 0.3) is 5.56 Å². The Morgan fingerprint density at radius 2 is 2.03 bits per heavy atom. The molecule has 1 amide bonds. The van der Waals surface area contributed by atoms with Crippen LogP contribution in [0.5, 0.6) is 0 Å². The Bertz CT molecular complexity index is 1200. The zero-order valence-electron chi connectivity index (χ0n) is 18.6. The molecule has 1 atom stereocenters. The zero-order chi connectivity index (χ0) is 22.1. The van der Waals surface area contributed by atoms with Crippen LogP contribution in [0.25, 0.3) is 15.9 Å². The summed E-state index contributed by atoms with van der Waals surface area (Å²) in [6, 6.07) is 6.18. The monoisotopic (exact) mass is 455 g/mol. The van der Waals surface area contributed by atoms with Gasteiger partial charge in [0.05, 0.1) is 16.8 Å². The van der Waals surface area contributed by atoms with Gasteiger partial charge < -0.3 is 5.32 Å². The molecule has 0 saturated carbocycles. The Hall–Kier alpha value is -2.12. The first-order valence-corrected chi connectivity index (χ1v) is 12.8.